The maximum atomic E-state index is 12.1. The number of amides is 2. The third kappa shape index (κ3) is 5.08. The second-order valence-electron chi connectivity index (χ2n) is 4.02. The van der Waals surface area contributed by atoms with Gasteiger partial charge in [-0.05, 0) is 12.1 Å². The molecule has 0 bridgehead atoms. The third-order valence-electron chi connectivity index (χ3n) is 2.60. The number of carbonyl (C=O) groups is 2. The van der Waals surface area contributed by atoms with Crippen LogP contribution in [-0.4, -0.2) is 53.8 Å². The van der Waals surface area contributed by atoms with Crippen LogP contribution in [0.25, 0.3) is 0 Å². The first-order chi connectivity index (χ1) is 10.1. The molecule has 1 aromatic rings. The summed E-state index contributed by atoms with van der Waals surface area (Å²) in [7, 11) is 1.50. The molecule has 2 N–H and O–H groups in total. The maximum Gasteiger partial charge on any atom is 0.356 e. The minimum Gasteiger partial charge on any atom is -0.476 e. The second-order valence-corrected chi connectivity index (χ2v) is 4.02. The number of aromatic nitrogens is 1. The average Bonchev–Trinajstić information content (AvgIpc) is 2.47. The number of carbonyl (C=O) groups excluding carboxylic acids is 1. The van der Waals surface area contributed by atoms with E-state index in [0.717, 1.165) is 0 Å². The zero-order chi connectivity index (χ0) is 15.7. The molecule has 112 valence electrons. The Morgan fingerprint density at radius 1 is 1.52 bits per heavy atom. The van der Waals surface area contributed by atoms with E-state index < -0.39 is 12.0 Å². The number of nitrogens with zero attached hydrogens (tertiary/aromatic N) is 3. The van der Waals surface area contributed by atoms with E-state index in [9.17, 15) is 9.59 Å². The molecule has 2 amide bonds. The SMILES string of the molecule is COCCN(CCC#N)C(=O)Nc1cccnc1C(=O)O. The summed E-state index contributed by atoms with van der Waals surface area (Å²) in [5.74, 6) is -1.23. The molecule has 0 aliphatic carbocycles. The summed E-state index contributed by atoms with van der Waals surface area (Å²) in [5.41, 5.74) is -0.132. The van der Waals surface area contributed by atoms with Crippen molar-refractivity contribution in [3.05, 3.63) is 24.0 Å². The van der Waals surface area contributed by atoms with Gasteiger partial charge in [0.25, 0.3) is 0 Å². The standard InChI is InChI=1S/C13H16N4O4/c1-21-9-8-17(7-3-5-14)13(20)16-10-4-2-6-15-11(10)12(18)19/h2,4,6H,3,7-9H2,1H3,(H,16,20)(H,18,19). The molecule has 0 atom stereocenters. The predicted molar refractivity (Wildman–Crippen MR) is 73.9 cm³/mol. The monoisotopic (exact) mass is 292 g/mol. The highest BCUT2D eigenvalue weighted by molar-refractivity contribution is 5.98. The lowest BCUT2D eigenvalue weighted by Gasteiger charge is -2.22. The molecule has 1 rings (SSSR count). The molecule has 0 saturated carbocycles. The van der Waals surface area contributed by atoms with E-state index in [1.807, 2.05) is 6.07 Å². The first-order valence-electron chi connectivity index (χ1n) is 6.20. The summed E-state index contributed by atoms with van der Waals surface area (Å²) in [6, 6.07) is 4.43. The zero-order valence-electron chi connectivity index (χ0n) is 11.6. The molecule has 0 unspecified atom stereocenters. The Labute approximate surface area is 122 Å². The lowest BCUT2D eigenvalue weighted by molar-refractivity contribution is 0.0691. The Morgan fingerprint density at radius 3 is 2.90 bits per heavy atom. The van der Waals surface area contributed by atoms with Gasteiger partial charge in [-0.2, -0.15) is 5.26 Å². The summed E-state index contributed by atoms with van der Waals surface area (Å²) in [6.45, 7) is 0.846. The molecule has 0 aliphatic heterocycles. The zero-order valence-corrected chi connectivity index (χ0v) is 11.6. The number of methoxy groups -OCH3 is 1. The van der Waals surface area contributed by atoms with Gasteiger partial charge in [0.05, 0.1) is 24.8 Å². The van der Waals surface area contributed by atoms with Crippen molar-refractivity contribution in [1.29, 1.82) is 5.26 Å². The Morgan fingerprint density at radius 2 is 2.29 bits per heavy atom. The Kier molecular flexibility index (Phi) is 6.63. The molecule has 0 radical (unpaired) electrons. The molecule has 21 heavy (non-hydrogen) atoms. The van der Waals surface area contributed by atoms with Crippen molar-refractivity contribution in [1.82, 2.24) is 9.88 Å². The topological polar surface area (TPSA) is 116 Å². The highest BCUT2D eigenvalue weighted by Gasteiger charge is 2.17. The van der Waals surface area contributed by atoms with Crippen molar-refractivity contribution < 1.29 is 19.4 Å². The number of ether oxygens (including phenoxy) is 1. The van der Waals surface area contributed by atoms with Crippen LogP contribution >= 0.6 is 0 Å². The van der Waals surface area contributed by atoms with Gasteiger partial charge < -0.3 is 20.1 Å². The summed E-state index contributed by atoms with van der Waals surface area (Å²) in [4.78, 5) is 28.2. The highest BCUT2D eigenvalue weighted by atomic mass is 16.5. The number of carboxylic acids is 1. The minimum atomic E-state index is -1.23. The largest absolute Gasteiger partial charge is 0.476 e. The second kappa shape index (κ2) is 8.50. The fourth-order valence-corrected chi connectivity index (χ4v) is 1.57. The van der Waals surface area contributed by atoms with E-state index in [1.165, 1.54) is 30.3 Å². The fraction of sp³-hybridized carbons (Fsp3) is 0.385. The summed E-state index contributed by atoms with van der Waals surface area (Å²) >= 11 is 0. The third-order valence-corrected chi connectivity index (χ3v) is 2.60. The van der Waals surface area contributed by atoms with Crippen molar-refractivity contribution in [2.24, 2.45) is 0 Å². The predicted octanol–water partition coefficient (Wildman–Crippen LogP) is 1.17. The van der Waals surface area contributed by atoms with Crippen molar-refractivity contribution in [3.8, 4) is 6.07 Å². The molecule has 0 aliphatic rings. The molecule has 8 nitrogen and oxygen atoms in total. The van der Waals surface area contributed by atoms with Gasteiger partial charge in [-0.25, -0.2) is 14.6 Å². The van der Waals surface area contributed by atoms with Crippen LogP contribution in [0.2, 0.25) is 0 Å². The number of aromatic carboxylic acids is 1. The molecule has 1 heterocycles. The Bertz CT molecular complexity index is 541. The molecule has 0 aromatic carbocycles. The number of rotatable bonds is 7. The lowest BCUT2D eigenvalue weighted by Crippen LogP contribution is -2.38. The van der Waals surface area contributed by atoms with Gasteiger partial charge >= 0.3 is 12.0 Å². The van der Waals surface area contributed by atoms with E-state index >= 15 is 0 Å². The Hall–Kier alpha value is -2.66. The van der Waals surface area contributed by atoms with Crippen molar-refractivity contribution >= 4 is 17.7 Å². The van der Waals surface area contributed by atoms with Gasteiger partial charge in [0.15, 0.2) is 5.69 Å². The molecule has 0 spiro atoms. The van der Waals surface area contributed by atoms with Crippen LogP contribution in [0.4, 0.5) is 10.5 Å². The smallest absolute Gasteiger partial charge is 0.356 e. The van der Waals surface area contributed by atoms with Gasteiger partial charge in [0, 0.05) is 26.4 Å². The van der Waals surface area contributed by atoms with Gasteiger partial charge in [-0.15, -0.1) is 0 Å². The van der Waals surface area contributed by atoms with Crippen LogP contribution < -0.4 is 5.32 Å². The van der Waals surface area contributed by atoms with E-state index in [1.54, 1.807) is 0 Å². The van der Waals surface area contributed by atoms with Crippen molar-refractivity contribution in [2.75, 3.05) is 32.1 Å². The van der Waals surface area contributed by atoms with Gasteiger partial charge in [-0.3, -0.25) is 0 Å². The van der Waals surface area contributed by atoms with Crippen molar-refractivity contribution in [2.45, 2.75) is 6.42 Å². The van der Waals surface area contributed by atoms with Crippen LogP contribution in [0.5, 0.6) is 0 Å². The van der Waals surface area contributed by atoms with Crippen LogP contribution in [0.15, 0.2) is 18.3 Å². The van der Waals surface area contributed by atoms with Gasteiger partial charge in [0.2, 0.25) is 0 Å². The van der Waals surface area contributed by atoms with Crippen LogP contribution in [0.3, 0.4) is 0 Å². The number of carboxylic acid groups (broad SMARTS) is 1. The molecule has 8 heteroatoms. The first kappa shape index (κ1) is 16.4. The highest BCUT2D eigenvalue weighted by Crippen LogP contribution is 2.13. The lowest BCUT2D eigenvalue weighted by atomic mass is 10.3. The quantitative estimate of drug-likeness (QED) is 0.779. The first-order valence-corrected chi connectivity index (χ1v) is 6.20. The molecular weight excluding hydrogens is 276 g/mol. The number of nitriles is 1. The van der Waals surface area contributed by atoms with Gasteiger partial charge in [-0.1, -0.05) is 0 Å². The molecule has 1 aromatic heterocycles. The normalized spacial score (nSPS) is 9.71. The minimum absolute atomic E-state index is 0.106. The number of hydrogen-bond donors (Lipinski definition) is 2. The summed E-state index contributed by atoms with van der Waals surface area (Å²) in [5, 5.41) is 20.1. The molecule has 0 fully saturated rings. The number of anilines is 1. The maximum absolute atomic E-state index is 12.1. The van der Waals surface area contributed by atoms with Gasteiger partial charge in [0.1, 0.15) is 0 Å². The summed E-state index contributed by atoms with van der Waals surface area (Å²) in [6.07, 6.45) is 1.51. The van der Waals surface area contributed by atoms with E-state index in [0.29, 0.717) is 13.2 Å². The van der Waals surface area contributed by atoms with Crippen molar-refractivity contribution in [3.63, 3.8) is 0 Å². The fourth-order valence-electron chi connectivity index (χ4n) is 1.57. The van der Waals surface area contributed by atoms with Crippen LogP contribution in [0, 0.1) is 11.3 Å². The number of urea groups is 1. The number of nitrogens with one attached hydrogen (secondary N) is 1. The van der Waals surface area contributed by atoms with Crippen LogP contribution in [0.1, 0.15) is 16.9 Å². The average molecular weight is 292 g/mol. The molecular formula is C13H16N4O4. The van der Waals surface area contributed by atoms with E-state index in [-0.39, 0.29) is 24.3 Å². The Balaban J connectivity index is 2.81. The van der Waals surface area contributed by atoms with E-state index in [2.05, 4.69) is 10.3 Å². The van der Waals surface area contributed by atoms with E-state index in [4.69, 9.17) is 15.1 Å². The molecule has 0 saturated heterocycles. The summed E-state index contributed by atoms with van der Waals surface area (Å²) < 4.78 is 4.90. The number of pyridine rings is 1. The number of hydrogen-bond acceptors (Lipinski definition) is 5. The van der Waals surface area contributed by atoms with Crippen LogP contribution in [-0.2, 0) is 4.74 Å².